The molecule has 5 heteroatoms. The van der Waals surface area contributed by atoms with Gasteiger partial charge in [-0.2, -0.15) is 0 Å². The molecule has 2 aliphatic rings. The summed E-state index contributed by atoms with van der Waals surface area (Å²) in [5, 5.41) is 3.32. The molecule has 0 spiro atoms. The molecule has 1 N–H and O–H groups in total. The summed E-state index contributed by atoms with van der Waals surface area (Å²) in [5.74, 6) is 0.248. The maximum atomic E-state index is 12.9. The van der Waals surface area contributed by atoms with Gasteiger partial charge in [0.25, 0.3) is 0 Å². The number of hydrogen-bond acceptors (Lipinski definition) is 4. The Balaban J connectivity index is 2.10. The Labute approximate surface area is 115 Å². The fraction of sp³-hybridized carbons (Fsp3) is 0.929. The second-order valence-electron chi connectivity index (χ2n) is 5.93. The van der Waals surface area contributed by atoms with Crippen molar-refractivity contribution in [3.63, 3.8) is 0 Å². The molecule has 2 fully saturated rings. The summed E-state index contributed by atoms with van der Waals surface area (Å²) in [6.07, 6.45) is 1.96. The third kappa shape index (κ3) is 3.27. The number of piperidine rings is 1. The number of carbonyl (C=O) groups is 1. The van der Waals surface area contributed by atoms with Crippen molar-refractivity contribution in [2.45, 2.75) is 38.9 Å². The van der Waals surface area contributed by atoms with Gasteiger partial charge in [0.05, 0.1) is 24.2 Å². The highest BCUT2D eigenvalue weighted by Crippen LogP contribution is 2.32. The number of rotatable bonds is 3. The van der Waals surface area contributed by atoms with Crippen molar-refractivity contribution in [2.24, 2.45) is 5.41 Å². The number of nitrogens with zero attached hydrogens (tertiary/aromatic N) is 1. The highest BCUT2D eigenvalue weighted by atomic mass is 16.5. The van der Waals surface area contributed by atoms with E-state index in [1.165, 1.54) is 0 Å². The van der Waals surface area contributed by atoms with Gasteiger partial charge in [0.1, 0.15) is 0 Å². The monoisotopic (exact) mass is 270 g/mol. The van der Waals surface area contributed by atoms with Crippen molar-refractivity contribution >= 4 is 5.91 Å². The van der Waals surface area contributed by atoms with E-state index in [2.05, 4.69) is 5.32 Å². The van der Waals surface area contributed by atoms with Crippen LogP contribution in [0.4, 0.5) is 0 Å². The van der Waals surface area contributed by atoms with Crippen LogP contribution in [0.15, 0.2) is 0 Å². The van der Waals surface area contributed by atoms with Crippen LogP contribution < -0.4 is 5.32 Å². The molecular weight excluding hydrogens is 244 g/mol. The van der Waals surface area contributed by atoms with Gasteiger partial charge < -0.3 is 19.7 Å². The fourth-order valence-corrected chi connectivity index (χ4v) is 3.28. The van der Waals surface area contributed by atoms with E-state index in [4.69, 9.17) is 9.47 Å². The van der Waals surface area contributed by atoms with Crippen LogP contribution in [0.3, 0.4) is 0 Å². The summed E-state index contributed by atoms with van der Waals surface area (Å²) in [4.78, 5) is 14.9. The van der Waals surface area contributed by atoms with Gasteiger partial charge in [-0.25, -0.2) is 0 Å². The minimum Gasteiger partial charge on any atom is -0.384 e. The molecule has 0 saturated carbocycles. The maximum absolute atomic E-state index is 12.9. The van der Waals surface area contributed by atoms with Crippen LogP contribution in [0.25, 0.3) is 0 Å². The van der Waals surface area contributed by atoms with E-state index >= 15 is 0 Å². The molecule has 1 amide bonds. The predicted molar refractivity (Wildman–Crippen MR) is 73.0 cm³/mol. The molecule has 0 aromatic carbocycles. The molecule has 5 nitrogen and oxygen atoms in total. The molecule has 0 aromatic rings. The predicted octanol–water partition coefficient (Wildman–Crippen LogP) is 0.638. The third-order valence-corrected chi connectivity index (χ3v) is 4.14. The molecule has 2 saturated heterocycles. The fourth-order valence-electron chi connectivity index (χ4n) is 3.28. The lowest BCUT2D eigenvalue weighted by Gasteiger charge is -2.43. The average molecular weight is 270 g/mol. The zero-order valence-corrected chi connectivity index (χ0v) is 12.3. The average Bonchev–Trinajstić information content (AvgIpc) is 2.38. The maximum Gasteiger partial charge on any atom is 0.231 e. The Morgan fingerprint density at radius 2 is 1.89 bits per heavy atom. The van der Waals surface area contributed by atoms with Crippen LogP contribution in [0.1, 0.15) is 26.7 Å². The van der Waals surface area contributed by atoms with E-state index in [0.717, 1.165) is 25.9 Å². The standard InChI is InChI=1S/C14H26N2O3/c1-11-8-16(9-12(2)19-11)13(17)14(10-18-3)4-6-15-7-5-14/h11-12,15H,4-10H2,1-3H3. The van der Waals surface area contributed by atoms with Crippen molar-refractivity contribution in [2.75, 3.05) is 39.9 Å². The highest BCUT2D eigenvalue weighted by molar-refractivity contribution is 5.83. The van der Waals surface area contributed by atoms with Crippen LogP contribution in [-0.4, -0.2) is 62.9 Å². The van der Waals surface area contributed by atoms with E-state index in [9.17, 15) is 4.79 Å². The number of amides is 1. The molecule has 2 heterocycles. The molecular formula is C14H26N2O3. The Bertz CT molecular complexity index is 300. The number of carbonyl (C=O) groups excluding carboxylic acids is 1. The first-order valence-corrected chi connectivity index (χ1v) is 7.22. The number of methoxy groups -OCH3 is 1. The summed E-state index contributed by atoms with van der Waals surface area (Å²) in [5.41, 5.74) is -0.337. The van der Waals surface area contributed by atoms with Crippen molar-refractivity contribution in [3.8, 4) is 0 Å². The first kappa shape index (κ1) is 14.8. The van der Waals surface area contributed by atoms with Gasteiger partial charge >= 0.3 is 0 Å². The zero-order chi connectivity index (χ0) is 13.9. The van der Waals surface area contributed by atoms with Crippen LogP contribution in [0, 0.1) is 5.41 Å². The van der Waals surface area contributed by atoms with Crippen LogP contribution in [-0.2, 0) is 14.3 Å². The van der Waals surface area contributed by atoms with Crippen molar-refractivity contribution < 1.29 is 14.3 Å². The summed E-state index contributed by atoms with van der Waals surface area (Å²) < 4.78 is 11.1. The minimum absolute atomic E-state index is 0.119. The first-order valence-electron chi connectivity index (χ1n) is 7.22. The zero-order valence-electron chi connectivity index (χ0n) is 12.3. The number of hydrogen-bond donors (Lipinski definition) is 1. The van der Waals surface area contributed by atoms with Crippen LogP contribution in [0.5, 0.6) is 0 Å². The summed E-state index contributed by atoms with van der Waals surface area (Å²) in [6, 6.07) is 0. The van der Waals surface area contributed by atoms with Gasteiger partial charge in [-0.05, 0) is 39.8 Å². The Morgan fingerprint density at radius 3 is 2.42 bits per heavy atom. The molecule has 2 aliphatic heterocycles. The quantitative estimate of drug-likeness (QED) is 0.817. The highest BCUT2D eigenvalue weighted by Gasteiger charge is 2.43. The summed E-state index contributed by atoms with van der Waals surface area (Å²) >= 11 is 0. The number of morpholine rings is 1. The van der Waals surface area contributed by atoms with Crippen molar-refractivity contribution in [1.82, 2.24) is 10.2 Å². The van der Waals surface area contributed by atoms with E-state index in [1.54, 1.807) is 7.11 Å². The molecule has 0 bridgehead atoms. The number of nitrogens with one attached hydrogen (secondary N) is 1. The van der Waals surface area contributed by atoms with E-state index in [0.29, 0.717) is 19.7 Å². The lowest BCUT2D eigenvalue weighted by molar-refractivity contribution is -0.158. The Kier molecular flexibility index (Phi) is 4.81. The molecule has 0 aliphatic carbocycles. The van der Waals surface area contributed by atoms with Gasteiger partial charge in [0.15, 0.2) is 0 Å². The third-order valence-electron chi connectivity index (χ3n) is 4.14. The van der Waals surface area contributed by atoms with Gasteiger partial charge in [0.2, 0.25) is 5.91 Å². The van der Waals surface area contributed by atoms with E-state index < -0.39 is 0 Å². The normalized spacial score (nSPS) is 31.2. The minimum atomic E-state index is -0.337. The second-order valence-corrected chi connectivity index (χ2v) is 5.93. The van der Waals surface area contributed by atoms with Crippen LogP contribution >= 0.6 is 0 Å². The molecule has 2 atom stereocenters. The lowest BCUT2D eigenvalue weighted by atomic mass is 9.78. The second kappa shape index (κ2) is 6.20. The topological polar surface area (TPSA) is 50.8 Å². The summed E-state index contributed by atoms with van der Waals surface area (Å²) in [7, 11) is 1.68. The molecule has 2 rings (SSSR count). The van der Waals surface area contributed by atoms with E-state index in [1.807, 2.05) is 18.7 Å². The Morgan fingerprint density at radius 1 is 1.32 bits per heavy atom. The van der Waals surface area contributed by atoms with Gasteiger partial charge in [-0.15, -0.1) is 0 Å². The number of ether oxygens (including phenoxy) is 2. The Hall–Kier alpha value is -0.650. The van der Waals surface area contributed by atoms with Gasteiger partial charge in [-0.3, -0.25) is 4.79 Å². The first-order chi connectivity index (χ1) is 9.07. The van der Waals surface area contributed by atoms with E-state index in [-0.39, 0.29) is 23.5 Å². The van der Waals surface area contributed by atoms with Crippen LogP contribution in [0.2, 0.25) is 0 Å². The molecule has 19 heavy (non-hydrogen) atoms. The SMILES string of the molecule is COCC1(C(=O)N2CC(C)OC(C)C2)CCNCC1. The van der Waals surface area contributed by atoms with Crippen molar-refractivity contribution in [1.29, 1.82) is 0 Å². The smallest absolute Gasteiger partial charge is 0.231 e. The lowest BCUT2D eigenvalue weighted by Crippen LogP contribution is -2.56. The summed E-state index contributed by atoms with van der Waals surface area (Å²) in [6.45, 7) is 7.76. The molecule has 2 unspecified atom stereocenters. The molecule has 0 aromatic heterocycles. The van der Waals surface area contributed by atoms with Crippen molar-refractivity contribution in [3.05, 3.63) is 0 Å². The van der Waals surface area contributed by atoms with Gasteiger partial charge in [-0.1, -0.05) is 0 Å². The van der Waals surface area contributed by atoms with Gasteiger partial charge in [0, 0.05) is 20.2 Å². The molecule has 0 radical (unpaired) electrons. The largest absolute Gasteiger partial charge is 0.384 e. The molecule has 110 valence electrons.